The Morgan fingerprint density at radius 2 is 1.75 bits per heavy atom. The van der Waals surface area contributed by atoms with Crippen molar-refractivity contribution in [3.8, 4) is 11.3 Å². The second-order valence-electron chi connectivity index (χ2n) is 15.9. The SMILES string of the molecule is C=C1C(CC)N(C2CN(CCCC)C(=C)C3=C2CNN3c2ccc(C)cc2F)CNc2cccc(n2)-c2cc(C)cc(C)c2N(C(=C)C)CC(CC)CN1C. The molecule has 294 valence electrons. The van der Waals surface area contributed by atoms with E-state index in [0.717, 1.165) is 97.3 Å². The first kappa shape index (κ1) is 40.1. The summed E-state index contributed by atoms with van der Waals surface area (Å²) in [5.74, 6) is 0.923. The Morgan fingerprint density at radius 3 is 2.44 bits per heavy atom. The van der Waals surface area contributed by atoms with Gasteiger partial charge in [0.15, 0.2) is 0 Å². The van der Waals surface area contributed by atoms with Crippen LogP contribution in [-0.4, -0.2) is 78.2 Å². The minimum Gasteiger partial charge on any atom is -0.377 e. The van der Waals surface area contributed by atoms with Gasteiger partial charge in [-0.15, -0.1) is 0 Å². The molecule has 6 rings (SSSR count). The first-order valence-corrected chi connectivity index (χ1v) is 20.2. The van der Waals surface area contributed by atoms with Gasteiger partial charge >= 0.3 is 0 Å². The molecular formula is C46H63FN8. The zero-order valence-electron chi connectivity index (χ0n) is 34.6. The zero-order valence-corrected chi connectivity index (χ0v) is 34.6. The largest absolute Gasteiger partial charge is 0.377 e. The molecule has 3 atom stereocenters. The van der Waals surface area contributed by atoms with Crippen LogP contribution in [0.25, 0.3) is 11.3 Å². The van der Waals surface area contributed by atoms with Crippen molar-refractivity contribution in [2.24, 2.45) is 5.92 Å². The second kappa shape index (κ2) is 17.0. The highest BCUT2D eigenvalue weighted by Gasteiger charge is 2.42. The monoisotopic (exact) mass is 747 g/mol. The van der Waals surface area contributed by atoms with E-state index in [-0.39, 0.29) is 17.9 Å². The number of hydrazine groups is 1. The molecule has 3 aromatic rings. The van der Waals surface area contributed by atoms with E-state index in [1.807, 2.05) is 24.1 Å². The number of allylic oxidation sites excluding steroid dienone is 1. The summed E-state index contributed by atoms with van der Waals surface area (Å²) in [6.07, 6.45) is 4.00. The molecule has 9 heteroatoms. The molecule has 0 amide bonds. The lowest BCUT2D eigenvalue weighted by Gasteiger charge is -2.47. The Kier molecular flexibility index (Phi) is 12.4. The van der Waals surface area contributed by atoms with Gasteiger partial charge in [0.1, 0.15) is 11.6 Å². The number of hydrogen-bond acceptors (Lipinski definition) is 8. The van der Waals surface area contributed by atoms with Gasteiger partial charge < -0.3 is 20.0 Å². The summed E-state index contributed by atoms with van der Waals surface area (Å²) in [6, 6.07) is 16.3. The summed E-state index contributed by atoms with van der Waals surface area (Å²) < 4.78 is 15.7. The molecule has 55 heavy (non-hydrogen) atoms. The number of likely N-dealkylation sites (N-methyl/N-ethyl adjacent to an activating group) is 1. The van der Waals surface area contributed by atoms with Gasteiger partial charge in [0.25, 0.3) is 0 Å². The Hall–Kier alpha value is -4.60. The number of fused-ring (bicyclic) bond motifs is 4. The average molecular weight is 747 g/mol. The van der Waals surface area contributed by atoms with E-state index in [2.05, 4.69) is 122 Å². The third-order valence-electron chi connectivity index (χ3n) is 11.8. The van der Waals surface area contributed by atoms with Gasteiger partial charge in [-0.1, -0.05) is 70.7 Å². The highest BCUT2D eigenvalue weighted by atomic mass is 19.1. The van der Waals surface area contributed by atoms with Crippen molar-refractivity contribution in [1.29, 1.82) is 0 Å². The van der Waals surface area contributed by atoms with Crippen molar-refractivity contribution in [3.63, 3.8) is 0 Å². The predicted molar refractivity (Wildman–Crippen MR) is 229 cm³/mol. The molecule has 3 aliphatic rings. The third kappa shape index (κ3) is 8.19. The number of benzene rings is 2. The molecular weight excluding hydrogens is 684 g/mol. The smallest absolute Gasteiger partial charge is 0.148 e. The quantitative estimate of drug-likeness (QED) is 0.237. The maximum atomic E-state index is 15.7. The number of unbranched alkanes of at least 4 members (excludes halogenated alkanes) is 1. The van der Waals surface area contributed by atoms with E-state index >= 15 is 4.39 Å². The molecule has 3 unspecified atom stereocenters. The normalized spacial score (nSPS) is 21.3. The van der Waals surface area contributed by atoms with Crippen molar-refractivity contribution < 1.29 is 4.39 Å². The molecule has 2 N–H and O–H groups in total. The van der Waals surface area contributed by atoms with Crippen LogP contribution in [0.3, 0.4) is 0 Å². The zero-order chi connectivity index (χ0) is 39.6. The minimum absolute atomic E-state index is 0.00302. The summed E-state index contributed by atoms with van der Waals surface area (Å²) in [6.45, 7) is 33.6. The summed E-state index contributed by atoms with van der Waals surface area (Å²) in [4.78, 5) is 15.1. The number of rotatable bonds is 8. The van der Waals surface area contributed by atoms with Gasteiger partial charge in [-0.05, 0) is 99.9 Å². The van der Waals surface area contributed by atoms with Gasteiger partial charge in [-0.3, -0.25) is 9.91 Å². The first-order valence-electron chi connectivity index (χ1n) is 20.2. The summed E-state index contributed by atoms with van der Waals surface area (Å²) in [5, 5.41) is 5.73. The number of nitrogens with one attached hydrogen (secondary N) is 2. The van der Waals surface area contributed by atoms with Crippen molar-refractivity contribution >= 4 is 17.2 Å². The van der Waals surface area contributed by atoms with E-state index < -0.39 is 0 Å². The number of nitrogens with zero attached hydrogens (tertiary/aromatic N) is 6. The highest BCUT2D eigenvalue weighted by molar-refractivity contribution is 5.81. The van der Waals surface area contributed by atoms with Crippen LogP contribution < -0.4 is 20.7 Å². The van der Waals surface area contributed by atoms with Crippen LogP contribution in [0, 0.1) is 32.5 Å². The molecule has 0 saturated heterocycles. The Balaban J connectivity index is 1.49. The molecule has 8 nitrogen and oxygen atoms in total. The lowest BCUT2D eigenvalue weighted by atomic mass is 9.93. The lowest BCUT2D eigenvalue weighted by molar-refractivity contribution is 0.123. The van der Waals surface area contributed by atoms with Crippen molar-refractivity contribution in [3.05, 3.63) is 119 Å². The topological polar surface area (TPSA) is 53.2 Å². The Labute approximate surface area is 330 Å². The van der Waals surface area contributed by atoms with Crippen LogP contribution in [0.15, 0.2) is 96.6 Å². The van der Waals surface area contributed by atoms with E-state index in [9.17, 15) is 0 Å². The number of halogens is 1. The predicted octanol–water partition coefficient (Wildman–Crippen LogP) is 9.37. The van der Waals surface area contributed by atoms with Gasteiger partial charge in [0.05, 0.1) is 47.2 Å². The molecule has 3 aliphatic heterocycles. The Morgan fingerprint density at radius 1 is 0.964 bits per heavy atom. The number of aromatic nitrogens is 1. The van der Waals surface area contributed by atoms with E-state index in [1.54, 1.807) is 6.07 Å². The van der Waals surface area contributed by atoms with Crippen LogP contribution >= 0.6 is 0 Å². The number of anilines is 3. The fraction of sp³-hybridized carbons (Fsp3) is 0.457. The number of aryl methyl sites for hydroxylation is 3. The molecule has 4 heterocycles. The van der Waals surface area contributed by atoms with Crippen LogP contribution in [0.2, 0.25) is 0 Å². The van der Waals surface area contributed by atoms with Crippen LogP contribution in [-0.2, 0) is 0 Å². The van der Waals surface area contributed by atoms with E-state index in [4.69, 9.17) is 11.6 Å². The lowest BCUT2D eigenvalue weighted by Crippen LogP contribution is -2.55. The fourth-order valence-corrected chi connectivity index (χ4v) is 8.76. The summed E-state index contributed by atoms with van der Waals surface area (Å²) >= 11 is 0. The maximum Gasteiger partial charge on any atom is 0.148 e. The molecule has 0 saturated carbocycles. The van der Waals surface area contributed by atoms with Gasteiger partial charge in [0.2, 0.25) is 0 Å². The second-order valence-corrected chi connectivity index (χ2v) is 15.9. The number of hydrogen-bond donors (Lipinski definition) is 2. The minimum atomic E-state index is -0.248. The molecule has 1 aromatic heterocycles. The molecule has 0 fully saturated rings. The molecule has 0 radical (unpaired) electrons. The highest BCUT2D eigenvalue weighted by Crippen LogP contribution is 2.40. The molecule has 0 spiro atoms. The molecule has 0 aliphatic carbocycles. The third-order valence-corrected chi connectivity index (χ3v) is 11.8. The van der Waals surface area contributed by atoms with Crippen molar-refractivity contribution in [2.75, 3.05) is 61.7 Å². The molecule has 2 bridgehead atoms. The average Bonchev–Trinajstić information content (AvgIpc) is 3.60. The molecule has 2 aromatic carbocycles. The first-order chi connectivity index (χ1) is 26.4. The van der Waals surface area contributed by atoms with Gasteiger partial charge in [0, 0.05) is 56.7 Å². The van der Waals surface area contributed by atoms with Crippen LogP contribution in [0.5, 0.6) is 0 Å². The summed E-state index contributed by atoms with van der Waals surface area (Å²) in [7, 11) is 2.20. The van der Waals surface area contributed by atoms with Gasteiger partial charge in [-0.2, -0.15) is 0 Å². The standard InChI is InChI=1S/C46H63FN8/c1-12-15-21-52-28-43(38-25-49-55(46(38)35(52)10)42-20-19-31(6)24-39(42)47)54-29-48-44-18-16-17-40(50-44)37-23-32(7)22-33(8)45(37)53(30(4)5)27-36(13-2)26-51(11)34(9)41(54)14-3/h16-20,22-24,36,41,43,49H,4,9-10,12-15,21,25-29H2,1-3,5-8,11H3,(H,48,50). The van der Waals surface area contributed by atoms with Crippen LogP contribution in [0.1, 0.15) is 70.1 Å². The summed E-state index contributed by atoms with van der Waals surface area (Å²) in [5.41, 5.74) is 15.8. The van der Waals surface area contributed by atoms with Crippen molar-refractivity contribution in [1.82, 2.24) is 25.1 Å². The maximum absolute atomic E-state index is 15.7. The number of pyridine rings is 1. The van der Waals surface area contributed by atoms with Gasteiger partial charge in [-0.25, -0.2) is 14.8 Å². The fourth-order valence-electron chi connectivity index (χ4n) is 8.76. The van der Waals surface area contributed by atoms with E-state index in [1.165, 1.54) is 22.4 Å². The Bertz CT molecular complexity index is 1950. The van der Waals surface area contributed by atoms with Crippen molar-refractivity contribution in [2.45, 2.75) is 86.2 Å². The van der Waals surface area contributed by atoms with Crippen LogP contribution in [0.4, 0.5) is 21.6 Å². The van der Waals surface area contributed by atoms with E-state index in [0.29, 0.717) is 24.8 Å².